The Labute approximate surface area is 163 Å². The van der Waals surface area contributed by atoms with Gasteiger partial charge < -0.3 is 9.84 Å². The maximum Gasteiger partial charge on any atom is 0.288 e. The molecule has 1 aromatic carbocycles. The minimum Gasteiger partial charge on any atom is -0.508 e. The largest absolute Gasteiger partial charge is 0.508 e. The highest BCUT2D eigenvalue weighted by atomic mass is 35.5. The molecule has 0 bridgehead atoms. The van der Waals surface area contributed by atoms with E-state index in [2.05, 4.69) is 20.6 Å². The third-order valence-electron chi connectivity index (χ3n) is 3.93. The summed E-state index contributed by atoms with van der Waals surface area (Å²) < 4.78 is 30.0. The Hall–Kier alpha value is -1.97. The van der Waals surface area contributed by atoms with Gasteiger partial charge in [-0.2, -0.15) is 5.21 Å². The Morgan fingerprint density at radius 1 is 1.41 bits per heavy atom. The van der Waals surface area contributed by atoms with Crippen molar-refractivity contribution in [1.82, 2.24) is 20.6 Å². The van der Waals surface area contributed by atoms with Crippen molar-refractivity contribution in [2.45, 2.75) is 43.3 Å². The van der Waals surface area contributed by atoms with Gasteiger partial charge in [-0.1, -0.05) is 29.4 Å². The van der Waals surface area contributed by atoms with Crippen LogP contribution in [-0.2, 0) is 21.0 Å². The number of phenols is 1. The van der Waals surface area contributed by atoms with Crippen LogP contribution in [0.2, 0.25) is 0 Å². The summed E-state index contributed by atoms with van der Waals surface area (Å²) in [5.74, 6) is 0.0117. The van der Waals surface area contributed by atoms with Gasteiger partial charge in [0.25, 0.3) is 5.16 Å². The third kappa shape index (κ3) is 5.75. The molecule has 1 aromatic heterocycles. The predicted molar refractivity (Wildman–Crippen MR) is 101 cm³/mol. The quantitative estimate of drug-likeness (QED) is 0.348. The number of aromatic amines is 1. The first kappa shape index (κ1) is 21.3. The van der Waals surface area contributed by atoms with Crippen LogP contribution in [0.3, 0.4) is 0 Å². The first-order chi connectivity index (χ1) is 12.9. The van der Waals surface area contributed by atoms with E-state index in [1.165, 1.54) is 0 Å². The molecule has 2 aromatic rings. The van der Waals surface area contributed by atoms with Crippen molar-refractivity contribution in [2.24, 2.45) is 0 Å². The second-order valence-electron chi connectivity index (χ2n) is 5.95. The van der Waals surface area contributed by atoms with Crippen molar-refractivity contribution >= 4 is 21.4 Å². The lowest BCUT2D eigenvalue weighted by Gasteiger charge is -2.23. The van der Waals surface area contributed by atoms with E-state index in [-0.39, 0.29) is 35.1 Å². The van der Waals surface area contributed by atoms with Gasteiger partial charge in [-0.25, -0.2) is 8.42 Å². The number of aromatic hydroxyl groups is 1. The molecule has 0 aliphatic carbocycles. The van der Waals surface area contributed by atoms with Crippen molar-refractivity contribution < 1.29 is 18.3 Å². The second kappa shape index (κ2) is 9.82. The van der Waals surface area contributed by atoms with Crippen LogP contribution in [0, 0.1) is 0 Å². The summed E-state index contributed by atoms with van der Waals surface area (Å²) in [5, 5.41) is 21.9. The van der Waals surface area contributed by atoms with E-state index >= 15 is 0 Å². The molecule has 8 nitrogen and oxygen atoms in total. The highest BCUT2D eigenvalue weighted by Crippen LogP contribution is 2.33. The molecule has 0 radical (unpaired) electrons. The number of H-pyrrole nitrogens is 1. The van der Waals surface area contributed by atoms with Gasteiger partial charge in [0.2, 0.25) is 9.84 Å². The van der Waals surface area contributed by atoms with Gasteiger partial charge in [0.15, 0.2) is 0 Å². The molecule has 2 N–H and O–H groups in total. The monoisotopic (exact) mass is 414 g/mol. The fourth-order valence-corrected chi connectivity index (χ4v) is 3.86. The maximum absolute atomic E-state index is 12.1. The summed E-state index contributed by atoms with van der Waals surface area (Å²) in [6, 6.07) is 5.22. The molecule has 0 aliphatic rings. The summed E-state index contributed by atoms with van der Waals surface area (Å²) >= 11 is 6.31. The Morgan fingerprint density at radius 2 is 2.19 bits per heavy atom. The summed E-state index contributed by atoms with van der Waals surface area (Å²) in [6.45, 7) is 3.88. The fraction of sp³-hybridized carbons (Fsp3) is 0.471. The van der Waals surface area contributed by atoms with Gasteiger partial charge >= 0.3 is 0 Å². The van der Waals surface area contributed by atoms with Gasteiger partial charge in [-0.05, 0) is 43.5 Å². The molecule has 0 saturated heterocycles. The second-order valence-corrected chi connectivity index (χ2v) is 8.65. The number of aromatic nitrogens is 4. The Morgan fingerprint density at radius 3 is 2.81 bits per heavy atom. The number of sulfone groups is 1. The Balaban J connectivity index is 2.05. The Bertz CT molecular complexity index is 854. The summed E-state index contributed by atoms with van der Waals surface area (Å²) in [5.41, 5.74) is 1.53. The smallest absolute Gasteiger partial charge is 0.288 e. The summed E-state index contributed by atoms with van der Waals surface area (Å²) in [4.78, 5) is 0. The summed E-state index contributed by atoms with van der Waals surface area (Å²) in [6.07, 6.45) is 4.16. The third-order valence-corrected chi connectivity index (χ3v) is 5.71. The number of ether oxygens (including phenoxy) is 1. The van der Waals surface area contributed by atoms with E-state index in [1.807, 2.05) is 25.1 Å². The van der Waals surface area contributed by atoms with Crippen LogP contribution in [-0.4, -0.2) is 51.9 Å². The predicted octanol–water partition coefficient (Wildman–Crippen LogP) is 2.57. The van der Waals surface area contributed by atoms with E-state index in [1.54, 1.807) is 19.1 Å². The van der Waals surface area contributed by atoms with Crippen LogP contribution in [0.5, 0.6) is 5.75 Å². The maximum atomic E-state index is 12.1. The molecular formula is C17H23ClN4O4S. The van der Waals surface area contributed by atoms with Crippen LogP contribution >= 0.6 is 11.6 Å². The van der Waals surface area contributed by atoms with Crippen molar-refractivity contribution in [3.63, 3.8) is 0 Å². The van der Waals surface area contributed by atoms with Crippen molar-refractivity contribution in [3.05, 3.63) is 41.5 Å². The summed E-state index contributed by atoms with van der Waals surface area (Å²) in [7, 11) is -3.60. The number of nitrogens with zero attached hydrogens (tertiary/aromatic N) is 3. The lowest BCUT2D eigenvalue weighted by atomic mass is 9.97. The average molecular weight is 415 g/mol. The van der Waals surface area contributed by atoms with Crippen molar-refractivity contribution in [3.8, 4) is 5.75 Å². The minimum absolute atomic E-state index is 0.165. The van der Waals surface area contributed by atoms with Crippen molar-refractivity contribution in [1.29, 1.82) is 0 Å². The van der Waals surface area contributed by atoms with Gasteiger partial charge in [0.05, 0.1) is 17.2 Å². The molecule has 148 valence electrons. The lowest BCUT2D eigenvalue weighted by molar-refractivity contribution is 0.0526. The Kier molecular flexibility index (Phi) is 7.76. The molecular weight excluding hydrogens is 392 g/mol. The number of hydrogen-bond donors (Lipinski definition) is 2. The van der Waals surface area contributed by atoms with Crippen LogP contribution in [0.1, 0.15) is 37.5 Å². The van der Waals surface area contributed by atoms with Gasteiger partial charge in [0.1, 0.15) is 5.75 Å². The van der Waals surface area contributed by atoms with Crippen LogP contribution in [0.25, 0.3) is 0 Å². The number of alkyl halides is 1. The minimum atomic E-state index is -3.60. The first-order valence-electron chi connectivity index (χ1n) is 8.50. The molecule has 2 atom stereocenters. The zero-order valence-electron chi connectivity index (χ0n) is 15.2. The SMILES string of the molecule is C/C=C/Cc1c(O)cccc1C(OCCCS(=O)(=O)c1nn[nH]n1)C(C)Cl. The van der Waals surface area contributed by atoms with E-state index in [9.17, 15) is 13.5 Å². The molecule has 10 heteroatoms. The molecule has 0 fully saturated rings. The number of nitrogens with one attached hydrogen (secondary N) is 1. The molecule has 2 rings (SSSR count). The van der Waals surface area contributed by atoms with E-state index in [0.717, 1.165) is 11.1 Å². The van der Waals surface area contributed by atoms with Crippen LogP contribution in [0.4, 0.5) is 0 Å². The molecule has 2 unspecified atom stereocenters. The molecule has 1 heterocycles. The molecule has 0 amide bonds. The highest BCUT2D eigenvalue weighted by Gasteiger charge is 2.24. The normalized spacial score (nSPS) is 14.5. The van der Waals surface area contributed by atoms with Gasteiger partial charge in [0, 0.05) is 12.2 Å². The number of allylic oxidation sites excluding steroid dienone is 2. The van der Waals surface area contributed by atoms with Gasteiger partial charge in [-0.3, -0.25) is 0 Å². The number of rotatable bonds is 10. The molecule has 0 saturated carbocycles. The lowest BCUT2D eigenvalue weighted by Crippen LogP contribution is -2.18. The number of halogens is 1. The molecule has 0 spiro atoms. The topological polar surface area (TPSA) is 118 Å². The first-order valence-corrected chi connectivity index (χ1v) is 10.6. The fourth-order valence-electron chi connectivity index (χ4n) is 2.62. The van der Waals surface area contributed by atoms with E-state index in [4.69, 9.17) is 16.3 Å². The number of tetrazole rings is 1. The average Bonchev–Trinajstić information content (AvgIpc) is 3.16. The van der Waals surface area contributed by atoms with Crippen molar-refractivity contribution in [2.75, 3.05) is 12.4 Å². The number of phenolic OH excluding ortho intramolecular Hbond substituents is 1. The highest BCUT2D eigenvalue weighted by molar-refractivity contribution is 7.91. The molecule has 0 aliphatic heterocycles. The standard InChI is InChI=1S/C17H23ClN4O4S/c1-3-4-7-13-14(8-5-9-15(13)23)16(12(2)18)26-10-6-11-27(24,25)17-19-21-22-20-17/h3-5,8-9,12,16,23H,6-7,10-11H2,1-2H3,(H,19,20,21,22)/b4-3+. The number of hydrogen-bond acceptors (Lipinski definition) is 7. The van der Waals surface area contributed by atoms with Crippen LogP contribution in [0.15, 0.2) is 35.5 Å². The van der Waals surface area contributed by atoms with Gasteiger partial charge in [-0.15, -0.1) is 16.7 Å². The zero-order chi connectivity index (χ0) is 19.9. The van der Waals surface area contributed by atoms with Crippen LogP contribution < -0.4 is 0 Å². The number of benzene rings is 1. The zero-order valence-corrected chi connectivity index (χ0v) is 16.7. The van der Waals surface area contributed by atoms with E-state index in [0.29, 0.717) is 6.42 Å². The molecule has 27 heavy (non-hydrogen) atoms. The van der Waals surface area contributed by atoms with E-state index < -0.39 is 15.9 Å².